The molecule has 0 spiro atoms. The van der Waals surface area contributed by atoms with Gasteiger partial charge in [-0.15, -0.1) is 0 Å². The topological polar surface area (TPSA) is 35.6 Å². The Morgan fingerprint density at radius 3 is 2.28 bits per heavy atom. The monoisotopic (exact) mass is 397 g/mol. The van der Waals surface area contributed by atoms with Crippen LogP contribution >= 0.6 is 0 Å². The molecule has 3 aliphatic rings. The largest absolute Gasteiger partial charge is 0.352 e. The zero-order valence-corrected chi connectivity index (χ0v) is 18.2. The Balaban J connectivity index is 1.16. The molecular weight excluding hydrogens is 358 g/mol. The summed E-state index contributed by atoms with van der Waals surface area (Å²) in [5, 5.41) is 3.28. The van der Waals surface area contributed by atoms with Gasteiger partial charge in [-0.05, 0) is 62.8 Å². The smallest absolute Gasteiger partial charge is 0.237 e. The van der Waals surface area contributed by atoms with E-state index in [0.29, 0.717) is 6.04 Å². The lowest BCUT2D eigenvalue weighted by Gasteiger charge is -2.40. The van der Waals surface area contributed by atoms with Gasteiger partial charge < -0.3 is 10.2 Å². The minimum absolute atomic E-state index is 0.0130. The molecule has 1 amide bonds. The maximum absolute atomic E-state index is 12.6. The van der Waals surface area contributed by atoms with Crippen molar-refractivity contribution in [1.29, 1.82) is 0 Å². The van der Waals surface area contributed by atoms with Crippen LogP contribution in [0.2, 0.25) is 0 Å². The Bertz CT molecular complexity index is 627. The van der Waals surface area contributed by atoms with E-state index in [1.54, 1.807) is 0 Å². The zero-order chi connectivity index (χ0) is 20.1. The van der Waals surface area contributed by atoms with Gasteiger partial charge in [-0.1, -0.05) is 43.2 Å². The van der Waals surface area contributed by atoms with Gasteiger partial charge in [-0.25, -0.2) is 0 Å². The number of nitrogens with zero attached hydrogens (tertiary/aromatic N) is 2. The maximum atomic E-state index is 12.6. The van der Waals surface area contributed by atoms with Gasteiger partial charge in [0.15, 0.2) is 0 Å². The molecule has 1 N–H and O–H groups in total. The summed E-state index contributed by atoms with van der Waals surface area (Å²) in [6, 6.07) is 11.5. The fourth-order valence-electron chi connectivity index (χ4n) is 5.66. The van der Waals surface area contributed by atoms with Gasteiger partial charge in [0.05, 0.1) is 6.04 Å². The summed E-state index contributed by atoms with van der Waals surface area (Å²) in [7, 11) is 0. The molecule has 1 aromatic rings. The Morgan fingerprint density at radius 2 is 1.62 bits per heavy atom. The summed E-state index contributed by atoms with van der Waals surface area (Å²) >= 11 is 0. The van der Waals surface area contributed by atoms with Crippen molar-refractivity contribution in [3.05, 3.63) is 35.9 Å². The molecule has 1 aromatic carbocycles. The lowest BCUT2D eigenvalue weighted by Crippen LogP contribution is -2.55. The average molecular weight is 398 g/mol. The van der Waals surface area contributed by atoms with Gasteiger partial charge in [0.2, 0.25) is 5.91 Å². The minimum atomic E-state index is 0.0130. The van der Waals surface area contributed by atoms with E-state index >= 15 is 0 Å². The van der Waals surface area contributed by atoms with E-state index in [4.69, 9.17) is 0 Å². The Hall–Kier alpha value is -1.39. The quantitative estimate of drug-likeness (QED) is 0.787. The number of piperazine rings is 1. The highest BCUT2D eigenvalue weighted by atomic mass is 16.2. The van der Waals surface area contributed by atoms with Crippen LogP contribution in [0.15, 0.2) is 30.3 Å². The summed E-state index contributed by atoms with van der Waals surface area (Å²) in [4.78, 5) is 17.6. The summed E-state index contributed by atoms with van der Waals surface area (Å²) in [5.74, 6) is 1.86. The van der Waals surface area contributed by atoms with E-state index in [-0.39, 0.29) is 11.9 Å². The molecule has 4 heteroatoms. The van der Waals surface area contributed by atoms with Crippen LogP contribution in [0.5, 0.6) is 0 Å². The molecule has 0 radical (unpaired) electrons. The molecule has 1 atom stereocenters. The van der Waals surface area contributed by atoms with Crippen LogP contribution in [0.1, 0.15) is 69.8 Å². The lowest BCUT2D eigenvalue weighted by molar-refractivity contribution is -0.127. The second-order valence-electron chi connectivity index (χ2n) is 9.63. The Kier molecular flexibility index (Phi) is 7.25. The maximum Gasteiger partial charge on any atom is 0.237 e. The third-order valence-electron chi connectivity index (χ3n) is 7.67. The predicted molar refractivity (Wildman–Crippen MR) is 119 cm³/mol. The number of carbonyl (C=O) groups is 1. The Morgan fingerprint density at radius 1 is 0.966 bits per heavy atom. The van der Waals surface area contributed by atoms with Crippen LogP contribution in [0.3, 0.4) is 0 Å². The van der Waals surface area contributed by atoms with Crippen molar-refractivity contribution < 1.29 is 4.79 Å². The van der Waals surface area contributed by atoms with Crippen LogP contribution in [-0.2, 0) is 4.79 Å². The van der Waals surface area contributed by atoms with E-state index in [9.17, 15) is 4.79 Å². The van der Waals surface area contributed by atoms with Crippen LogP contribution in [-0.4, -0.2) is 60.5 Å². The predicted octanol–water partition coefficient (Wildman–Crippen LogP) is 4.03. The van der Waals surface area contributed by atoms with Gasteiger partial charge in [0.1, 0.15) is 0 Å². The summed E-state index contributed by atoms with van der Waals surface area (Å²) in [6.45, 7) is 7.61. The van der Waals surface area contributed by atoms with Gasteiger partial charge in [0, 0.05) is 38.8 Å². The number of carbonyl (C=O) groups excluding carboxylic acids is 1. The molecule has 2 saturated carbocycles. The van der Waals surface area contributed by atoms with Crippen LogP contribution in [0.25, 0.3) is 0 Å². The molecule has 0 aromatic heterocycles. The molecule has 1 unspecified atom stereocenters. The van der Waals surface area contributed by atoms with Crippen molar-refractivity contribution in [2.75, 3.05) is 32.7 Å². The molecular formula is C25H39N3O. The number of amides is 1. The standard InChI is InChI=1S/C25H39N3O/c1-20(25(29)26-24-9-5-6-10-24)28-17-15-27(16-18-28)19-21-11-13-23(14-12-21)22-7-3-2-4-8-22/h2-4,7-8,20-21,23-24H,5-6,9-19H2,1H3,(H,26,29). The average Bonchev–Trinajstić information content (AvgIpc) is 3.28. The Labute approximate surface area is 177 Å². The first-order valence-corrected chi connectivity index (χ1v) is 12.0. The molecule has 1 heterocycles. The summed E-state index contributed by atoms with van der Waals surface area (Å²) < 4.78 is 0. The van der Waals surface area contributed by atoms with Gasteiger partial charge in [-0.3, -0.25) is 9.69 Å². The summed E-state index contributed by atoms with van der Waals surface area (Å²) in [6.07, 6.45) is 10.3. The number of nitrogens with one attached hydrogen (secondary N) is 1. The van der Waals surface area contributed by atoms with E-state index in [1.165, 1.54) is 63.5 Å². The number of rotatable bonds is 6. The highest BCUT2D eigenvalue weighted by Crippen LogP contribution is 2.36. The molecule has 3 fully saturated rings. The lowest BCUT2D eigenvalue weighted by atomic mass is 9.78. The number of hydrogen-bond donors (Lipinski definition) is 1. The minimum Gasteiger partial charge on any atom is -0.352 e. The highest BCUT2D eigenvalue weighted by Gasteiger charge is 2.29. The van der Waals surface area contributed by atoms with E-state index in [2.05, 4.69) is 52.4 Å². The molecule has 1 aliphatic heterocycles. The second-order valence-corrected chi connectivity index (χ2v) is 9.63. The fraction of sp³-hybridized carbons (Fsp3) is 0.720. The third kappa shape index (κ3) is 5.61. The van der Waals surface area contributed by atoms with E-state index in [1.807, 2.05) is 0 Å². The zero-order valence-electron chi connectivity index (χ0n) is 18.2. The number of hydrogen-bond acceptors (Lipinski definition) is 3. The third-order valence-corrected chi connectivity index (χ3v) is 7.67. The first-order chi connectivity index (χ1) is 14.2. The first kappa shape index (κ1) is 20.9. The number of benzene rings is 1. The van der Waals surface area contributed by atoms with E-state index < -0.39 is 0 Å². The van der Waals surface area contributed by atoms with Crippen molar-refractivity contribution in [3.8, 4) is 0 Å². The van der Waals surface area contributed by atoms with Crippen LogP contribution in [0, 0.1) is 5.92 Å². The van der Waals surface area contributed by atoms with Crippen molar-refractivity contribution in [1.82, 2.24) is 15.1 Å². The molecule has 2 aliphatic carbocycles. The molecule has 0 bridgehead atoms. The first-order valence-electron chi connectivity index (χ1n) is 12.0. The normalized spacial score (nSPS) is 28.3. The fourth-order valence-corrected chi connectivity index (χ4v) is 5.66. The molecule has 4 nitrogen and oxygen atoms in total. The summed E-state index contributed by atoms with van der Waals surface area (Å²) in [5.41, 5.74) is 1.53. The van der Waals surface area contributed by atoms with Crippen molar-refractivity contribution in [3.63, 3.8) is 0 Å². The van der Waals surface area contributed by atoms with Crippen molar-refractivity contribution >= 4 is 5.91 Å². The molecule has 1 saturated heterocycles. The van der Waals surface area contributed by atoms with Gasteiger partial charge >= 0.3 is 0 Å². The van der Waals surface area contributed by atoms with Crippen LogP contribution < -0.4 is 5.32 Å². The van der Waals surface area contributed by atoms with Crippen LogP contribution in [0.4, 0.5) is 0 Å². The molecule has 29 heavy (non-hydrogen) atoms. The molecule has 160 valence electrons. The molecule has 4 rings (SSSR count). The van der Waals surface area contributed by atoms with Crippen molar-refractivity contribution in [2.24, 2.45) is 5.92 Å². The second kappa shape index (κ2) is 10.1. The van der Waals surface area contributed by atoms with Gasteiger partial charge in [-0.2, -0.15) is 0 Å². The van der Waals surface area contributed by atoms with Crippen molar-refractivity contribution in [2.45, 2.75) is 76.3 Å². The van der Waals surface area contributed by atoms with Gasteiger partial charge in [0.25, 0.3) is 0 Å². The van der Waals surface area contributed by atoms with E-state index in [0.717, 1.165) is 38.0 Å². The SMILES string of the molecule is CC(C(=O)NC1CCCC1)N1CCN(CC2CCC(c3ccccc3)CC2)CC1. The highest BCUT2D eigenvalue weighted by molar-refractivity contribution is 5.81.